The maximum atomic E-state index is 12.6. The van der Waals surface area contributed by atoms with E-state index in [2.05, 4.69) is 27.7 Å². The molecule has 0 spiro atoms. The summed E-state index contributed by atoms with van der Waals surface area (Å²) in [4.78, 5) is 16.4. The molecule has 0 atom stereocenters. The van der Waals surface area contributed by atoms with Crippen molar-refractivity contribution in [1.29, 1.82) is 0 Å². The van der Waals surface area contributed by atoms with Gasteiger partial charge in [0, 0.05) is 36.6 Å². The van der Waals surface area contributed by atoms with Crippen molar-refractivity contribution in [3.63, 3.8) is 0 Å². The molecular formula is C18H22ClN3O2S. The van der Waals surface area contributed by atoms with Crippen LogP contribution in [0.3, 0.4) is 0 Å². The number of rotatable bonds is 5. The van der Waals surface area contributed by atoms with E-state index >= 15 is 0 Å². The smallest absolute Gasteiger partial charge is 0.255 e. The van der Waals surface area contributed by atoms with Gasteiger partial charge in [0.2, 0.25) is 0 Å². The highest BCUT2D eigenvalue weighted by atomic mass is 35.5. The molecule has 1 amide bonds. The van der Waals surface area contributed by atoms with Crippen molar-refractivity contribution in [2.24, 2.45) is 0 Å². The lowest BCUT2D eigenvalue weighted by atomic mass is 10.0. The first-order chi connectivity index (χ1) is 12.1. The van der Waals surface area contributed by atoms with Gasteiger partial charge < -0.3 is 15.8 Å². The molecule has 2 aromatic rings. The molecule has 7 heteroatoms. The third-order valence-corrected chi connectivity index (χ3v) is 5.63. The number of methoxy groups -OCH3 is 1. The summed E-state index contributed by atoms with van der Waals surface area (Å²) in [6.45, 7) is 2.94. The number of hydrogen-bond acceptors (Lipinski definition) is 5. The summed E-state index contributed by atoms with van der Waals surface area (Å²) in [5, 5.41) is 5.56. The number of nitrogens with one attached hydrogen (secondary N) is 1. The molecule has 25 heavy (non-hydrogen) atoms. The van der Waals surface area contributed by atoms with Crippen molar-refractivity contribution in [2.45, 2.75) is 25.4 Å². The molecular weight excluding hydrogens is 358 g/mol. The van der Waals surface area contributed by atoms with Crippen LogP contribution in [0, 0.1) is 0 Å². The Morgan fingerprint density at radius 1 is 1.44 bits per heavy atom. The predicted octanol–water partition coefficient (Wildman–Crippen LogP) is 3.39. The van der Waals surface area contributed by atoms with Crippen molar-refractivity contribution < 1.29 is 9.53 Å². The average molecular weight is 380 g/mol. The van der Waals surface area contributed by atoms with Crippen LogP contribution in [0.1, 0.15) is 28.1 Å². The molecule has 0 radical (unpaired) electrons. The maximum absolute atomic E-state index is 12.6. The normalized spacial score (nSPS) is 15.9. The Labute approximate surface area is 156 Å². The van der Waals surface area contributed by atoms with Crippen molar-refractivity contribution >= 4 is 34.5 Å². The number of carbonyl (C=O) groups excluding carboxylic acids is 1. The molecule has 1 aliphatic rings. The fraction of sp³-hybridized carbons (Fsp3) is 0.389. The molecule has 1 aromatic carbocycles. The van der Waals surface area contributed by atoms with E-state index in [1.807, 2.05) is 0 Å². The van der Waals surface area contributed by atoms with E-state index in [0.717, 1.165) is 32.5 Å². The topological polar surface area (TPSA) is 67.6 Å². The summed E-state index contributed by atoms with van der Waals surface area (Å²) in [5.74, 6) is 0.269. The highest BCUT2D eigenvalue weighted by Crippen LogP contribution is 2.29. The van der Waals surface area contributed by atoms with Crippen LogP contribution < -0.4 is 15.8 Å². The largest absolute Gasteiger partial charge is 0.496 e. The first-order valence-corrected chi connectivity index (χ1v) is 9.51. The molecule has 0 saturated carbocycles. The number of halogens is 1. The number of benzene rings is 1. The summed E-state index contributed by atoms with van der Waals surface area (Å²) >= 11 is 7.83. The van der Waals surface area contributed by atoms with Gasteiger partial charge in [-0.15, -0.1) is 11.3 Å². The third kappa shape index (κ3) is 4.45. The van der Waals surface area contributed by atoms with Gasteiger partial charge in [-0.1, -0.05) is 17.7 Å². The number of thiophene rings is 1. The number of ether oxygens (including phenoxy) is 1. The maximum Gasteiger partial charge on any atom is 0.255 e. The molecule has 0 aliphatic carbocycles. The molecule has 1 aliphatic heterocycles. The second kappa shape index (κ2) is 8.08. The molecule has 1 fully saturated rings. The van der Waals surface area contributed by atoms with E-state index in [1.54, 1.807) is 23.5 Å². The Hall–Kier alpha value is -1.76. The van der Waals surface area contributed by atoms with Crippen LogP contribution in [0.2, 0.25) is 5.02 Å². The average Bonchev–Trinajstić information content (AvgIpc) is 3.11. The van der Waals surface area contributed by atoms with Crippen LogP contribution in [0.15, 0.2) is 29.6 Å². The van der Waals surface area contributed by atoms with Crippen molar-refractivity contribution in [1.82, 2.24) is 10.2 Å². The number of nitrogens with two attached hydrogens (primary N) is 1. The number of nitrogen functional groups attached to an aromatic ring is 1. The number of nitrogens with zero attached hydrogens (tertiary/aromatic N) is 1. The van der Waals surface area contributed by atoms with E-state index in [-0.39, 0.29) is 11.9 Å². The molecule has 134 valence electrons. The highest BCUT2D eigenvalue weighted by Gasteiger charge is 2.23. The molecule has 5 nitrogen and oxygen atoms in total. The summed E-state index contributed by atoms with van der Waals surface area (Å²) < 4.78 is 5.26. The van der Waals surface area contributed by atoms with Crippen LogP contribution >= 0.6 is 22.9 Å². The molecule has 3 N–H and O–H groups in total. The second-order valence-electron chi connectivity index (χ2n) is 6.18. The van der Waals surface area contributed by atoms with E-state index in [0.29, 0.717) is 22.0 Å². The van der Waals surface area contributed by atoms with Crippen molar-refractivity contribution in [3.8, 4) is 5.75 Å². The van der Waals surface area contributed by atoms with Gasteiger partial charge in [-0.05, 0) is 30.4 Å². The first kappa shape index (κ1) is 18.0. The van der Waals surface area contributed by atoms with Crippen LogP contribution in [0.25, 0.3) is 0 Å². The number of carbonyl (C=O) groups is 1. The Morgan fingerprint density at radius 3 is 2.84 bits per heavy atom. The fourth-order valence-corrected chi connectivity index (χ4v) is 3.95. The quantitative estimate of drug-likeness (QED) is 0.781. The van der Waals surface area contributed by atoms with Gasteiger partial charge in [-0.2, -0.15) is 0 Å². The zero-order valence-corrected chi connectivity index (χ0v) is 15.7. The minimum absolute atomic E-state index is 0.160. The van der Waals surface area contributed by atoms with Crippen LogP contribution in [-0.2, 0) is 6.54 Å². The van der Waals surface area contributed by atoms with Gasteiger partial charge in [0.25, 0.3) is 5.91 Å². The second-order valence-corrected chi connectivity index (χ2v) is 7.62. The van der Waals surface area contributed by atoms with Gasteiger partial charge in [0.05, 0.1) is 23.4 Å². The molecule has 2 heterocycles. The number of hydrogen-bond donors (Lipinski definition) is 2. The molecule has 0 bridgehead atoms. The van der Waals surface area contributed by atoms with Gasteiger partial charge in [-0.3, -0.25) is 9.69 Å². The Kier molecular flexibility index (Phi) is 5.83. The Balaban J connectivity index is 1.57. The summed E-state index contributed by atoms with van der Waals surface area (Å²) in [6, 6.07) is 7.55. The third-order valence-electron chi connectivity index (χ3n) is 4.45. The first-order valence-electron chi connectivity index (χ1n) is 8.25. The zero-order chi connectivity index (χ0) is 17.8. The monoisotopic (exact) mass is 379 g/mol. The number of piperidine rings is 1. The van der Waals surface area contributed by atoms with Gasteiger partial charge >= 0.3 is 0 Å². The molecule has 0 unspecified atom stereocenters. The summed E-state index contributed by atoms with van der Waals surface area (Å²) in [6.07, 6.45) is 1.87. The molecule has 1 aromatic heterocycles. The lowest BCUT2D eigenvalue weighted by Crippen LogP contribution is -2.44. The van der Waals surface area contributed by atoms with E-state index in [1.165, 1.54) is 12.0 Å². The minimum Gasteiger partial charge on any atom is -0.496 e. The van der Waals surface area contributed by atoms with E-state index in [9.17, 15) is 4.79 Å². The zero-order valence-electron chi connectivity index (χ0n) is 14.1. The lowest BCUT2D eigenvalue weighted by molar-refractivity contribution is 0.0906. The van der Waals surface area contributed by atoms with E-state index < -0.39 is 0 Å². The molecule has 3 rings (SSSR count). The van der Waals surface area contributed by atoms with Crippen molar-refractivity contribution in [2.75, 3.05) is 25.9 Å². The predicted molar refractivity (Wildman–Crippen MR) is 103 cm³/mol. The lowest BCUT2D eigenvalue weighted by Gasteiger charge is -2.32. The Morgan fingerprint density at radius 2 is 2.20 bits per heavy atom. The SMILES string of the molecule is COc1cc(N)c(Cl)cc1C(=O)NC1CCN(Cc2cccs2)CC1. The minimum atomic E-state index is -0.171. The summed E-state index contributed by atoms with van der Waals surface area (Å²) in [7, 11) is 1.52. The molecule has 1 saturated heterocycles. The fourth-order valence-electron chi connectivity index (χ4n) is 3.04. The van der Waals surface area contributed by atoms with Gasteiger partial charge in [0.1, 0.15) is 5.75 Å². The van der Waals surface area contributed by atoms with Crippen LogP contribution in [0.5, 0.6) is 5.75 Å². The number of amides is 1. The highest BCUT2D eigenvalue weighted by molar-refractivity contribution is 7.09. The van der Waals surface area contributed by atoms with Gasteiger partial charge in [-0.25, -0.2) is 0 Å². The van der Waals surface area contributed by atoms with Crippen LogP contribution in [0.4, 0.5) is 5.69 Å². The number of likely N-dealkylation sites (tertiary alicyclic amines) is 1. The standard InChI is InChI=1S/C18H22ClN3O2S/c1-24-17-10-16(20)15(19)9-14(17)18(23)21-12-4-6-22(7-5-12)11-13-3-2-8-25-13/h2-3,8-10,12H,4-7,11,20H2,1H3,(H,21,23). The van der Waals surface area contributed by atoms with Crippen LogP contribution in [-0.4, -0.2) is 37.0 Å². The van der Waals surface area contributed by atoms with Gasteiger partial charge in [0.15, 0.2) is 0 Å². The van der Waals surface area contributed by atoms with E-state index in [4.69, 9.17) is 22.1 Å². The van der Waals surface area contributed by atoms with Crippen molar-refractivity contribution in [3.05, 3.63) is 45.1 Å². The number of anilines is 1. The summed E-state index contributed by atoms with van der Waals surface area (Å²) in [5.41, 5.74) is 6.59. The Bertz CT molecular complexity index is 728.